The summed E-state index contributed by atoms with van der Waals surface area (Å²) in [7, 11) is 0. The third kappa shape index (κ3) is 6.13. The molecule has 1 aromatic rings. The molecule has 0 aliphatic heterocycles. The van der Waals surface area contributed by atoms with Crippen LogP contribution in [0, 0.1) is 0 Å². The van der Waals surface area contributed by atoms with Crippen LogP contribution in [0.3, 0.4) is 0 Å². The van der Waals surface area contributed by atoms with Crippen LogP contribution >= 0.6 is 0 Å². The van der Waals surface area contributed by atoms with Crippen LogP contribution in [0.15, 0.2) is 49.6 Å². The lowest BCUT2D eigenvalue weighted by Gasteiger charge is -2.14. The molecule has 0 aliphatic rings. The fourth-order valence-electron chi connectivity index (χ4n) is 1.63. The highest BCUT2D eigenvalue weighted by atomic mass is 16.5. The lowest BCUT2D eigenvalue weighted by atomic mass is 10.1. The normalized spacial score (nSPS) is 11.1. The van der Waals surface area contributed by atoms with E-state index < -0.39 is 18.1 Å². The molecule has 0 radical (unpaired) electrons. The average molecular weight is 305 g/mol. The molecule has 0 bridgehead atoms. The van der Waals surface area contributed by atoms with Gasteiger partial charge in [0.2, 0.25) is 0 Å². The first-order valence-electron chi connectivity index (χ1n) is 6.66. The lowest BCUT2D eigenvalue weighted by Crippen LogP contribution is -2.42. The first-order chi connectivity index (χ1) is 10.6. The number of alkyl carbamates (subject to hydrolysis) is 1. The summed E-state index contributed by atoms with van der Waals surface area (Å²) in [4.78, 5) is 22.6. The van der Waals surface area contributed by atoms with E-state index in [-0.39, 0.29) is 13.0 Å². The molecule has 1 atom stereocenters. The molecule has 1 amide bonds. The molecule has 2 N–H and O–H groups in total. The molecule has 0 aromatic heterocycles. The number of ether oxygens (including phenoxy) is 2. The van der Waals surface area contributed by atoms with Crippen molar-refractivity contribution in [2.45, 2.75) is 12.5 Å². The summed E-state index contributed by atoms with van der Waals surface area (Å²) in [6.07, 6.45) is 2.38. The van der Waals surface area contributed by atoms with Crippen LogP contribution in [0.1, 0.15) is 5.56 Å². The Morgan fingerprint density at radius 1 is 1.18 bits per heavy atom. The summed E-state index contributed by atoms with van der Waals surface area (Å²) >= 11 is 0. The summed E-state index contributed by atoms with van der Waals surface area (Å²) in [6, 6.07) is 5.87. The Labute approximate surface area is 129 Å². The van der Waals surface area contributed by atoms with Crippen molar-refractivity contribution in [3.63, 3.8) is 0 Å². The van der Waals surface area contributed by atoms with Gasteiger partial charge in [0.1, 0.15) is 25.0 Å². The second-order valence-corrected chi connectivity index (χ2v) is 4.37. The molecule has 6 nitrogen and oxygen atoms in total. The maximum atomic E-state index is 11.4. The van der Waals surface area contributed by atoms with E-state index in [1.807, 2.05) is 0 Å². The number of amides is 1. The van der Waals surface area contributed by atoms with Crippen molar-refractivity contribution in [2.75, 3.05) is 13.2 Å². The second kappa shape index (κ2) is 9.23. The van der Waals surface area contributed by atoms with Crippen LogP contribution in [-0.2, 0) is 16.0 Å². The number of nitrogens with one attached hydrogen (secondary N) is 1. The topological polar surface area (TPSA) is 84.9 Å². The van der Waals surface area contributed by atoms with E-state index in [9.17, 15) is 9.59 Å². The molecule has 0 fully saturated rings. The first-order valence-corrected chi connectivity index (χ1v) is 6.66. The Morgan fingerprint density at radius 2 is 1.82 bits per heavy atom. The number of aliphatic carboxylic acids is 1. The van der Waals surface area contributed by atoms with Crippen LogP contribution in [0.5, 0.6) is 5.75 Å². The van der Waals surface area contributed by atoms with E-state index in [1.54, 1.807) is 30.3 Å². The van der Waals surface area contributed by atoms with Gasteiger partial charge in [0.05, 0.1) is 0 Å². The SMILES string of the molecule is C=CCOC(=O)N[C@@H](Cc1ccc(OCC=C)cc1)C(=O)O. The quantitative estimate of drug-likeness (QED) is 0.683. The van der Waals surface area contributed by atoms with Crippen LogP contribution in [0.2, 0.25) is 0 Å². The van der Waals surface area contributed by atoms with E-state index in [1.165, 1.54) is 6.08 Å². The summed E-state index contributed by atoms with van der Waals surface area (Å²) in [5.41, 5.74) is 0.752. The van der Waals surface area contributed by atoms with Gasteiger partial charge in [0.15, 0.2) is 0 Å². The van der Waals surface area contributed by atoms with Crippen molar-refractivity contribution in [3.8, 4) is 5.75 Å². The molecule has 0 spiro atoms. The zero-order chi connectivity index (χ0) is 16.4. The lowest BCUT2D eigenvalue weighted by molar-refractivity contribution is -0.139. The molecule has 118 valence electrons. The van der Waals surface area contributed by atoms with Crippen molar-refractivity contribution < 1.29 is 24.2 Å². The van der Waals surface area contributed by atoms with Crippen molar-refractivity contribution in [1.82, 2.24) is 5.32 Å². The highest BCUT2D eigenvalue weighted by Crippen LogP contribution is 2.13. The van der Waals surface area contributed by atoms with E-state index >= 15 is 0 Å². The Morgan fingerprint density at radius 3 is 2.36 bits per heavy atom. The predicted octanol–water partition coefficient (Wildman–Crippen LogP) is 2.16. The second-order valence-electron chi connectivity index (χ2n) is 4.37. The smallest absolute Gasteiger partial charge is 0.408 e. The number of rotatable bonds is 9. The van der Waals surface area contributed by atoms with Gasteiger partial charge in [-0.15, -0.1) is 0 Å². The molecule has 0 saturated carbocycles. The van der Waals surface area contributed by atoms with Gasteiger partial charge < -0.3 is 19.9 Å². The van der Waals surface area contributed by atoms with Crippen LogP contribution in [0.25, 0.3) is 0 Å². The Balaban J connectivity index is 2.62. The monoisotopic (exact) mass is 305 g/mol. The van der Waals surface area contributed by atoms with Crippen LogP contribution < -0.4 is 10.1 Å². The fourth-order valence-corrected chi connectivity index (χ4v) is 1.63. The predicted molar refractivity (Wildman–Crippen MR) is 81.9 cm³/mol. The summed E-state index contributed by atoms with van der Waals surface area (Å²) in [6.45, 7) is 7.38. The molecular formula is C16H19NO5. The molecule has 22 heavy (non-hydrogen) atoms. The van der Waals surface area contributed by atoms with Gasteiger partial charge in [-0.2, -0.15) is 0 Å². The molecule has 0 saturated heterocycles. The fraction of sp³-hybridized carbons (Fsp3) is 0.250. The van der Waals surface area contributed by atoms with Gasteiger partial charge in [-0.05, 0) is 17.7 Å². The van der Waals surface area contributed by atoms with Gasteiger partial charge in [0, 0.05) is 6.42 Å². The first kappa shape index (κ1) is 17.3. The minimum atomic E-state index is -1.14. The van der Waals surface area contributed by atoms with E-state index in [4.69, 9.17) is 14.6 Å². The van der Waals surface area contributed by atoms with Crippen molar-refractivity contribution in [3.05, 3.63) is 55.1 Å². The Hall–Kier alpha value is -2.76. The van der Waals surface area contributed by atoms with Crippen molar-refractivity contribution in [1.29, 1.82) is 0 Å². The largest absolute Gasteiger partial charge is 0.490 e. The zero-order valence-corrected chi connectivity index (χ0v) is 12.2. The number of hydrogen-bond donors (Lipinski definition) is 2. The molecule has 0 heterocycles. The minimum Gasteiger partial charge on any atom is -0.490 e. The molecule has 1 rings (SSSR count). The minimum absolute atomic E-state index is 0.0213. The summed E-state index contributed by atoms with van der Waals surface area (Å²) in [5, 5.41) is 11.4. The van der Waals surface area contributed by atoms with Gasteiger partial charge in [-0.3, -0.25) is 0 Å². The summed E-state index contributed by atoms with van der Waals surface area (Å²) in [5.74, 6) is -0.476. The average Bonchev–Trinajstić information content (AvgIpc) is 2.51. The van der Waals surface area contributed by atoms with Gasteiger partial charge in [0.25, 0.3) is 0 Å². The number of carboxylic acid groups (broad SMARTS) is 1. The molecule has 0 aliphatic carbocycles. The van der Waals surface area contributed by atoms with Gasteiger partial charge in [-0.1, -0.05) is 37.4 Å². The van der Waals surface area contributed by atoms with E-state index in [2.05, 4.69) is 18.5 Å². The Bertz CT molecular complexity index is 524. The third-order valence-corrected chi connectivity index (χ3v) is 2.65. The Kier molecular flexibility index (Phi) is 7.25. The molecule has 6 heteroatoms. The molecule has 0 unspecified atom stereocenters. The maximum absolute atomic E-state index is 11.4. The molecule has 1 aromatic carbocycles. The van der Waals surface area contributed by atoms with Gasteiger partial charge in [-0.25, -0.2) is 9.59 Å². The number of benzene rings is 1. The maximum Gasteiger partial charge on any atom is 0.408 e. The van der Waals surface area contributed by atoms with Crippen LogP contribution in [0.4, 0.5) is 4.79 Å². The molecular weight excluding hydrogens is 286 g/mol. The zero-order valence-electron chi connectivity index (χ0n) is 12.2. The number of carbonyl (C=O) groups excluding carboxylic acids is 1. The third-order valence-electron chi connectivity index (χ3n) is 2.65. The van der Waals surface area contributed by atoms with Gasteiger partial charge >= 0.3 is 12.1 Å². The van der Waals surface area contributed by atoms with Crippen LogP contribution in [-0.4, -0.2) is 36.4 Å². The number of hydrogen-bond acceptors (Lipinski definition) is 4. The highest BCUT2D eigenvalue weighted by molar-refractivity contribution is 5.80. The number of carboxylic acids is 1. The summed E-state index contributed by atoms with van der Waals surface area (Å²) < 4.78 is 10.1. The highest BCUT2D eigenvalue weighted by Gasteiger charge is 2.21. The number of carbonyl (C=O) groups is 2. The van der Waals surface area contributed by atoms with E-state index in [0.29, 0.717) is 12.4 Å². The van der Waals surface area contributed by atoms with Crippen molar-refractivity contribution in [2.24, 2.45) is 0 Å². The van der Waals surface area contributed by atoms with Crippen molar-refractivity contribution >= 4 is 12.1 Å². The van der Waals surface area contributed by atoms with E-state index in [0.717, 1.165) is 5.56 Å². The standard InChI is InChI=1S/C16H19NO5/c1-3-9-21-13-7-5-12(6-8-13)11-14(15(18)19)17-16(20)22-10-4-2/h3-8,14H,1-2,9-11H2,(H,17,20)(H,18,19)/t14-/m0/s1.